The minimum Gasteiger partial charge on any atom is -0.480 e. The van der Waals surface area contributed by atoms with Gasteiger partial charge in [-0.05, 0) is 52.3 Å². The highest BCUT2D eigenvalue weighted by atomic mass is 32.2. The number of hydrogen-bond acceptors (Lipinski definition) is 5. The van der Waals surface area contributed by atoms with E-state index in [1.54, 1.807) is 30.1 Å². The lowest BCUT2D eigenvalue weighted by molar-refractivity contribution is -0.143. The van der Waals surface area contributed by atoms with Crippen LogP contribution in [0.3, 0.4) is 0 Å². The standard InChI is InChI=1S/C41H38N4O3S/c1-49-29-26-37(40(47)48)45(39(46)36-25-15-14-24-35(36)31-16-6-2-7-17-31)43-30-38-42-27-28-44(38)41(32-18-8-3-9-19-32,33-20-10-4-11-21-33)34-22-12-5-13-23-34/h2-25,27-28,37,43H,26,29-30H2,1H3,(H,47,48)/t37-/m0/s1. The van der Waals surface area contributed by atoms with Crippen LogP contribution in [0.4, 0.5) is 0 Å². The smallest absolute Gasteiger partial charge is 0.328 e. The predicted molar refractivity (Wildman–Crippen MR) is 196 cm³/mol. The molecular formula is C41H38N4O3S. The molecule has 8 heteroatoms. The number of aliphatic carboxylic acids is 1. The molecule has 1 atom stereocenters. The average molecular weight is 667 g/mol. The summed E-state index contributed by atoms with van der Waals surface area (Å²) in [5, 5.41) is 11.8. The lowest BCUT2D eigenvalue weighted by Gasteiger charge is -2.39. The molecule has 0 saturated heterocycles. The molecule has 0 fully saturated rings. The van der Waals surface area contributed by atoms with E-state index in [-0.39, 0.29) is 13.0 Å². The molecule has 0 radical (unpaired) electrons. The third kappa shape index (κ3) is 6.92. The highest BCUT2D eigenvalue weighted by Gasteiger charge is 2.40. The molecule has 0 unspecified atom stereocenters. The van der Waals surface area contributed by atoms with Crippen molar-refractivity contribution in [2.45, 2.75) is 24.5 Å². The number of nitrogens with one attached hydrogen (secondary N) is 1. The molecule has 0 aliphatic rings. The topological polar surface area (TPSA) is 87.5 Å². The third-order valence-electron chi connectivity index (χ3n) is 8.71. The number of aromatic nitrogens is 2. The minimum absolute atomic E-state index is 0.0868. The van der Waals surface area contributed by atoms with E-state index in [0.717, 1.165) is 27.8 Å². The van der Waals surface area contributed by atoms with E-state index in [1.165, 1.54) is 5.01 Å². The van der Waals surface area contributed by atoms with Crippen molar-refractivity contribution in [3.05, 3.63) is 186 Å². The first-order chi connectivity index (χ1) is 24.1. The van der Waals surface area contributed by atoms with Crippen LogP contribution >= 0.6 is 11.8 Å². The normalized spacial score (nSPS) is 11.9. The summed E-state index contributed by atoms with van der Waals surface area (Å²) < 4.78 is 2.12. The zero-order valence-electron chi connectivity index (χ0n) is 27.2. The Kier molecular flexibility index (Phi) is 10.7. The van der Waals surface area contributed by atoms with Crippen LogP contribution in [0.2, 0.25) is 0 Å². The molecule has 5 aromatic carbocycles. The molecule has 0 aliphatic carbocycles. The second-order valence-corrected chi connectivity index (χ2v) is 12.6. The molecule has 1 aromatic heterocycles. The van der Waals surface area contributed by atoms with Gasteiger partial charge in [-0.2, -0.15) is 11.8 Å². The van der Waals surface area contributed by atoms with E-state index in [9.17, 15) is 14.7 Å². The fourth-order valence-corrected chi connectivity index (χ4v) is 6.93. The first-order valence-corrected chi connectivity index (χ1v) is 17.6. The number of carbonyl (C=O) groups is 2. The quantitative estimate of drug-likeness (QED) is 0.0914. The van der Waals surface area contributed by atoms with Crippen molar-refractivity contribution in [1.29, 1.82) is 0 Å². The van der Waals surface area contributed by atoms with Crippen LogP contribution in [-0.4, -0.2) is 49.6 Å². The third-order valence-corrected chi connectivity index (χ3v) is 9.36. The summed E-state index contributed by atoms with van der Waals surface area (Å²) in [4.78, 5) is 32.1. The molecule has 0 aliphatic heterocycles. The van der Waals surface area contributed by atoms with Gasteiger partial charge < -0.3 is 9.67 Å². The summed E-state index contributed by atoms with van der Waals surface area (Å²) in [6.45, 7) is 0.0868. The van der Waals surface area contributed by atoms with Gasteiger partial charge in [-0.15, -0.1) is 0 Å². The number of benzene rings is 5. The highest BCUT2D eigenvalue weighted by Crippen LogP contribution is 2.41. The lowest BCUT2D eigenvalue weighted by atomic mass is 9.76. The Labute approximate surface area is 291 Å². The number of imidazole rings is 1. The van der Waals surface area contributed by atoms with E-state index in [2.05, 4.69) is 46.4 Å². The molecule has 0 bridgehead atoms. The lowest BCUT2D eigenvalue weighted by Crippen LogP contribution is -2.53. The van der Waals surface area contributed by atoms with Crippen LogP contribution in [-0.2, 0) is 16.9 Å². The molecule has 2 N–H and O–H groups in total. The SMILES string of the molecule is CSCC[C@@H](C(=O)O)N(NCc1nccn1C(c1ccccc1)(c1ccccc1)c1ccccc1)C(=O)c1ccccc1-c1ccccc1. The molecule has 1 heterocycles. The molecule has 7 nitrogen and oxygen atoms in total. The summed E-state index contributed by atoms with van der Waals surface area (Å²) >= 11 is 1.54. The second-order valence-electron chi connectivity index (χ2n) is 11.6. The number of carbonyl (C=O) groups excluding carboxylic acids is 1. The number of nitrogens with zero attached hydrogens (tertiary/aromatic N) is 3. The maximum Gasteiger partial charge on any atom is 0.328 e. The van der Waals surface area contributed by atoms with Gasteiger partial charge >= 0.3 is 5.97 Å². The van der Waals surface area contributed by atoms with Gasteiger partial charge in [0.25, 0.3) is 5.91 Å². The highest BCUT2D eigenvalue weighted by molar-refractivity contribution is 7.98. The number of thioether (sulfide) groups is 1. The number of hydrogen-bond donors (Lipinski definition) is 2. The predicted octanol–water partition coefficient (Wildman–Crippen LogP) is 7.74. The zero-order valence-corrected chi connectivity index (χ0v) is 28.0. The van der Waals surface area contributed by atoms with Crippen LogP contribution in [0.15, 0.2) is 158 Å². The van der Waals surface area contributed by atoms with Crippen LogP contribution in [0.25, 0.3) is 11.1 Å². The Morgan fingerprint density at radius 2 is 1.29 bits per heavy atom. The Morgan fingerprint density at radius 3 is 1.82 bits per heavy atom. The summed E-state index contributed by atoms with van der Waals surface area (Å²) in [6, 6.07) is 46.7. The maximum absolute atomic E-state index is 14.5. The monoisotopic (exact) mass is 666 g/mol. The van der Waals surface area contributed by atoms with Gasteiger partial charge in [0, 0.05) is 18.0 Å². The van der Waals surface area contributed by atoms with Crippen molar-refractivity contribution >= 4 is 23.6 Å². The van der Waals surface area contributed by atoms with Gasteiger partial charge in [0.05, 0.1) is 6.54 Å². The van der Waals surface area contributed by atoms with Crippen molar-refractivity contribution in [3.63, 3.8) is 0 Å². The molecule has 0 saturated carbocycles. The first-order valence-electron chi connectivity index (χ1n) is 16.2. The van der Waals surface area contributed by atoms with Crippen molar-refractivity contribution in [1.82, 2.24) is 20.0 Å². The minimum atomic E-state index is -1.12. The van der Waals surface area contributed by atoms with Crippen LogP contribution < -0.4 is 5.43 Å². The second kappa shape index (κ2) is 15.6. The average Bonchev–Trinajstić information content (AvgIpc) is 3.63. The van der Waals surface area contributed by atoms with Crippen molar-refractivity contribution in [2.75, 3.05) is 12.0 Å². The molecular weight excluding hydrogens is 629 g/mol. The van der Waals surface area contributed by atoms with Gasteiger partial charge in [-0.25, -0.2) is 15.2 Å². The fraction of sp³-hybridized carbons (Fsp3) is 0.146. The Morgan fingerprint density at radius 1 is 0.776 bits per heavy atom. The number of hydrazine groups is 1. The molecule has 49 heavy (non-hydrogen) atoms. The van der Waals surface area contributed by atoms with Gasteiger partial charge in [0.1, 0.15) is 17.4 Å². The van der Waals surface area contributed by atoms with Crippen molar-refractivity contribution in [2.24, 2.45) is 0 Å². The van der Waals surface area contributed by atoms with E-state index in [4.69, 9.17) is 4.98 Å². The number of amides is 1. The Hall–Kier alpha value is -5.44. The van der Waals surface area contributed by atoms with Gasteiger partial charge in [-0.3, -0.25) is 9.80 Å². The number of rotatable bonds is 14. The molecule has 6 rings (SSSR count). The molecule has 6 aromatic rings. The Balaban J connectivity index is 1.46. The zero-order chi connectivity index (χ0) is 34.1. The van der Waals surface area contributed by atoms with Crippen molar-refractivity contribution < 1.29 is 14.7 Å². The summed E-state index contributed by atoms with van der Waals surface area (Å²) in [5.74, 6) is -0.315. The van der Waals surface area contributed by atoms with Gasteiger partial charge in [-0.1, -0.05) is 140 Å². The number of carboxylic acid groups (broad SMARTS) is 1. The number of carboxylic acids is 1. The largest absolute Gasteiger partial charge is 0.480 e. The van der Waals surface area contributed by atoms with E-state index >= 15 is 0 Å². The molecule has 1 amide bonds. The van der Waals surface area contributed by atoms with Crippen molar-refractivity contribution in [3.8, 4) is 11.1 Å². The first kappa shape index (κ1) is 33.5. The van der Waals surface area contributed by atoms with E-state index < -0.39 is 23.5 Å². The van der Waals surface area contributed by atoms with E-state index in [1.807, 2.05) is 110 Å². The van der Waals surface area contributed by atoms with Crippen LogP contribution in [0, 0.1) is 0 Å². The van der Waals surface area contributed by atoms with Crippen LogP contribution in [0.1, 0.15) is 39.3 Å². The van der Waals surface area contributed by atoms with Crippen LogP contribution in [0.5, 0.6) is 0 Å². The Bertz CT molecular complexity index is 1870. The molecule has 0 spiro atoms. The summed E-state index contributed by atoms with van der Waals surface area (Å²) in [5.41, 5.74) is 7.54. The maximum atomic E-state index is 14.5. The van der Waals surface area contributed by atoms with Gasteiger partial charge in [0.15, 0.2) is 0 Å². The fourth-order valence-electron chi connectivity index (χ4n) is 6.47. The van der Waals surface area contributed by atoms with E-state index in [0.29, 0.717) is 17.1 Å². The summed E-state index contributed by atoms with van der Waals surface area (Å²) in [7, 11) is 0. The molecule has 246 valence electrons. The summed E-state index contributed by atoms with van der Waals surface area (Å²) in [6.07, 6.45) is 5.89. The van der Waals surface area contributed by atoms with Gasteiger partial charge in [0.2, 0.25) is 0 Å².